The fraction of sp³-hybridized carbons (Fsp3) is 0.286. The van der Waals surface area contributed by atoms with Gasteiger partial charge in [-0.3, -0.25) is 0 Å². The van der Waals surface area contributed by atoms with Crippen LogP contribution in [0.3, 0.4) is 0 Å². The number of rotatable bonds is 3. The number of benzene rings is 1. The second-order valence-corrected chi connectivity index (χ2v) is 6.79. The van der Waals surface area contributed by atoms with Gasteiger partial charge in [-0.25, -0.2) is 14.4 Å². The van der Waals surface area contributed by atoms with Crippen LogP contribution in [0.5, 0.6) is 0 Å². The van der Waals surface area contributed by atoms with Crippen LogP contribution in [-0.4, -0.2) is 14.5 Å². The molecule has 1 atom stereocenters. The number of aryl methyl sites for hydroxylation is 1. The Morgan fingerprint density at radius 1 is 1.43 bits per heavy atom. The summed E-state index contributed by atoms with van der Waals surface area (Å²) < 4.78 is 15.7. The summed E-state index contributed by atoms with van der Waals surface area (Å²) in [5.41, 5.74) is 4.09. The highest BCUT2D eigenvalue weighted by atomic mass is 35.5. The topological polar surface area (TPSA) is 30.7 Å². The van der Waals surface area contributed by atoms with Gasteiger partial charge in [0.15, 0.2) is 0 Å². The van der Waals surface area contributed by atoms with E-state index in [4.69, 9.17) is 23.2 Å². The van der Waals surface area contributed by atoms with Crippen LogP contribution < -0.4 is 0 Å². The third-order valence-corrected chi connectivity index (χ3v) is 4.73. The Kier molecular flexibility index (Phi) is 3.90. The Balaban J connectivity index is 2.20. The van der Waals surface area contributed by atoms with Crippen molar-refractivity contribution in [3.05, 3.63) is 44.9 Å². The highest BCUT2D eigenvalue weighted by Gasteiger charge is 2.18. The molecular formula is C14H12Cl2FN3S. The van der Waals surface area contributed by atoms with Gasteiger partial charge in [-0.1, -0.05) is 11.6 Å². The molecule has 0 aliphatic heterocycles. The van der Waals surface area contributed by atoms with Gasteiger partial charge in [0.1, 0.15) is 11.6 Å². The highest BCUT2D eigenvalue weighted by Crippen LogP contribution is 2.29. The van der Waals surface area contributed by atoms with Crippen molar-refractivity contribution in [2.75, 3.05) is 0 Å². The maximum Gasteiger partial charge on any atom is 0.144 e. The van der Waals surface area contributed by atoms with Gasteiger partial charge < -0.3 is 4.57 Å². The Morgan fingerprint density at radius 2 is 2.19 bits per heavy atom. The minimum absolute atomic E-state index is 0.0647. The summed E-state index contributed by atoms with van der Waals surface area (Å²) in [4.78, 5) is 9.83. The molecule has 2 heterocycles. The fourth-order valence-electron chi connectivity index (χ4n) is 2.23. The van der Waals surface area contributed by atoms with Crippen LogP contribution in [0.25, 0.3) is 11.0 Å². The largest absolute Gasteiger partial charge is 0.321 e. The molecule has 110 valence electrons. The molecule has 3 aromatic rings. The van der Waals surface area contributed by atoms with Crippen molar-refractivity contribution in [3.8, 4) is 0 Å². The van der Waals surface area contributed by atoms with E-state index in [-0.39, 0.29) is 10.4 Å². The molecule has 0 aliphatic rings. The number of thiazole rings is 1. The molecule has 0 saturated heterocycles. The fourth-order valence-corrected chi connectivity index (χ4v) is 3.32. The minimum Gasteiger partial charge on any atom is -0.321 e. The molecule has 7 heteroatoms. The Morgan fingerprint density at radius 3 is 2.81 bits per heavy atom. The third kappa shape index (κ3) is 2.65. The van der Waals surface area contributed by atoms with Crippen LogP contribution in [0.15, 0.2) is 17.6 Å². The van der Waals surface area contributed by atoms with Crippen molar-refractivity contribution >= 4 is 45.6 Å². The van der Waals surface area contributed by atoms with Crippen LogP contribution in [-0.2, 0) is 6.54 Å². The molecule has 0 aliphatic carbocycles. The van der Waals surface area contributed by atoms with E-state index in [0.717, 1.165) is 10.6 Å². The summed E-state index contributed by atoms with van der Waals surface area (Å²) in [6, 6.07) is 2.94. The van der Waals surface area contributed by atoms with E-state index in [1.54, 1.807) is 16.8 Å². The molecule has 0 fully saturated rings. The number of hydrogen-bond acceptors (Lipinski definition) is 3. The quantitative estimate of drug-likeness (QED) is 0.630. The lowest BCUT2D eigenvalue weighted by Gasteiger charge is -2.10. The van der Waals surface area contributed by atoms with Crippen molar-refractivity contribution in [1.82, 2.24) is 14.5 Å². The first-order chi connectivity index (χ1) is 9.97. The minimum atomic E-state index is -0.458. The number of hydrogen-bond donors (Lipinski definition) is 0. The summed E-state index contributed by atoms with van der Waals surface area (Å²) in [6.07, 6.45) is 0. The third-order valence-electron chi connectivity index (χ3n) is 3.32. The standard InChI is InChI=1S/C14H12Cl2FN3S/c1-7(15)14-19-11-3-9(16)10(17)4-12(11)20(14)5-13-8(2)18-6-21-13/h3-4,6-7H,5H2,1-2H3. The summed E-state index contributed by atoms with van der Waals surface area (Å²) in [6.45, 7) is 4.36. The first-order valence-corrected chi connectivity index (χ1v) is 8.05. The maximum atomic E-state index is 13.8. The average molecular weight is 344 g/mol. The van der Waals surface area contributed by atoms with Crippen LogP contribution in [0, 0.1) is 12.7 Å². The average Bonchev–Trinajstić information content (AvgIpc) is 2.97. The Labute approximate surface area is 135 Å². The SMILES string of the molecule is Cc1ncsc1Cn1c(C(C)Cl)nc2cc(Cl)c(F)cc21. The van der Waals surface area contributed by atoms with Crippen LogP contribution >= 0.6 is 34.5 Å². The summed E-state index contributed by atoms with van der Waals surface area (Å²) in [7, 11) is 0. The second-order valence-electron chi connectivity index (χ2n) is 4.79. The van der Waals surface area contributed by atoms with E-state index < -0.39 is 5.82 Å². The van der Waals surface area contributed by atoms with E-state index in [1.807, 2.05) is 18.4 Å². The molecule has 0 radical (unpaired) electrons. The first-order valence-electron chi connectivity index (χ1n) is 6.35. The second kappa shape index (κ2) is 5.55. The monoisotopic (exact) mass is 343 g/mol. The van der Waals surface area contributed by atoms with Crippen LogP contribution in [0.1, 0.15) is 28.7 Å². The summed E-state index contributed by atoms with van der Waals surface area (Å²) in [5.74, 6) is 0.237. The van der Waals surface area contributed by atoms with Crippen molar-refractivity contribution in [1.29, 1.82) is 0 Å². The zero-order valence-corrected chi connectivity index (χ0v) is 13.7. The number of nitrogens with zero attached hydrogens (tertiary/aromatic N) is 3. The van der Waals surface area contributed by atoms with E-state index in [2.05, 4.69) is 9.97 Å². The van der Waals surface area contributed by atoms with Crippen molar-refractivity contribution < 1.29 is 4.39 Å². The molecular weight excluding hydrogens is 332 g/mol. The normalized spacial score (nSPS) is 13.0. The van der Waals surface area contributed by atoms with E-state index in [1.165, 1.54) is 12.1 Å². The first kappa shape index (κ1) is 14.8. The highest BCUT2D eigenvalue weighted by molar-refractivity contribution is 7.09. The van der Waals surface area contributed by atoms with Crippen molar-refractivity contribution in [2.45, 2.75) is 25.8 Å². The number of aromatic nitrogens is 3. The van der Waals surface area contributed by atoms with Crippen molar-refractivity contribution in [3.63, 3.8) is 0 Å². The number of alkyl halides is 1. The predicted molar refractivity (Wildman–Crippen MR) is 84.9 cm³/mol. The molecule has 2 aromatic heterocycles. The molecule has 21 heavy (non-hydrogen) atoms. The molecule has 3 nitrogen and oxygen atoms in total. The maximum absolute atomic E-state index is 13.8. The lowest BCUT2D eigenvalue weighted by Crippen LogP contribution is -2.05. The Hall–Kier alpha value is -1.17. The van der Waals surface area contributed by atoms with Gasteiger partial charge in [0, 0.05) is 10.9 Å². The summed E-state index contributed by atoms with van der Waals surface area (Å²) >= 11 is 13.6. The molecule has 0 amide bonds. The molecule has 1 unspecified atom stereocenters. The van der Waals surface area contributed by atoms with E-state index in [0.29, 0.717) is 23.4 Å². The number of fused-ring (bicyclic) bond motifs is 1. The molecule has 0 bridgehead atoms. The number of imidazole rings is 1. The van der Waals surface area contributed by atoms with Gasteiger partial charge in [-0.05, 0) is 19.9 Å². The molecule has 3 rings (SSSR count). The van der Waals surface area contributed by atoms with Gasteiger partial charge in [0.2, 0.25) is 0 Å². The Bertz CT molecular complexity index is 810. The van der Waals surface area contributed by atoms with E-state index >= 15 is 0 Å². The van der Waals surface area contributed by atoms with Crippen LogP contribution in [0.2, 0.25) is 5.02 Å². The van der Waals surface area contributed by atoms with E-state index in [9.17, 15) is 4.39 Å². The van der Waals surface area contributed by atoms with Gasteiger partial charge in [-0.2, -0.15) is 0 Å². The molecule has 0 saturated carbocycles. The smallest absolute Gasteiger partial charge is 0.144 e. The van der Waals surface area contributed by atoms with Crippen molar-refractivity contribution in [2.24, 2.45) is 0 Å². The molecule has 0 N–H and O–H groups in total. The summed E-state index contributed by atoms with van der Waals surface area (Å²) in [5, 5.41) is -0.220. The molecule has 0 spiro atoms. The van der Waals surface area contributed by atoms with Gasteiger partial charge in [0.05, 0.1) is 39.2 Å². The van der Waals surface area contributed by atoms with Crippen LogP contribution in [0.4, 0.5) is 4.39 Å². The lowest BCUT2D eigenvalue weighted by atomic mass is 10.3. The van der Waals surface area contributed by atoms with Gasteiger partial charge in [0.25, 0.3) is 0 Å². The van der Waals surface area contributed by atoms with Gasteiger partial charge >= 0.3 is 0 Å². The molecule has 1 aromatic carbocycles. The number of halogens is 3. The zero-order chi connectivity index (χ0) is 15.1. The van der Waals surface area contributed by atoms with Gasteiger partial charge in [-0.15, -0.1) is 22.9 Å². The zero-order valence-electron chi connectivity index (χ0n) is 11.4. The lowest BCUT2D eigenvalue weighted by molar-refractivity contribution is 0.628. The predicted octanol–water partition coefficient (Wildman–Crippen LogP) is 4.94.